The number of para-hydroxylation sites is 1. The maximum absolute atomic E-state index is 12.5. The van der Waals surface area contributed by atoms with Gasteiger partial charge in [0.2, 0.25) is 0 Å². The fourth-order valence-corrected chi connectivity index (χ4v) is 2.38. The molecule has 0 bridgehead atoms. The highest BCUT2D eigenvalue weighted by Gasteiger charge is 2.20. The van der Waals surface area contributed by atoms with Crippen molar-refractivity contribution < 1.29 is 9.53 Å². The molecule has 3 rings (SSSR count). The van der Waals surface area contributed by atoms with Crippen molar-refractivity contribution in [2.24, 2.45) is 0 Å². The smallest absolute Gasteiger partial charge is 0.274 e. The maximum atomic E-state index is 12.5. The molecule has 0 aliphatic carbocycles. The third kappa shape index (κ3) is 3.49. The Labute approximate surface area is 140 Å². The van der Waals surface area contributed by atoms with Crippen LogP contribution in [0, 0.1) is 0 Å². The fraction of sp³-hybridized carbons (Fsp3) is 0.167. The molecule has 24 heavy (non-hydrogen) atoms. The summed E-state index contributed by atoms with van der Waals surface area (Å²) in [5.41, 5.74) is 2.75. The zero-order valence-corrected chi connectivity index (χ0v) is 13.3. The normalized spacial score (nSPS) is 10.5. The summed E-state index contributed by atoms with van der Waals surface area (Å²) in [6.45, 7) is 0.681. The molecule has 0 aliphatic heterocycles. The second-order valence-corrected chi connectivity index (χ2v) is 5.23. The molecule has 0 fully saturated rings. The van der Waals surface area contributed by atoms with Crippen LogP contribution >= 0.6 is 0 Å². The third-order valence-corrected chi connectivity index (χ3v) is 3.56. The van der Waals surface area contributed by atoms with Gasteiger partial charge in [-0.2, -0.15) is 0 Å². The number of benzene rings is 2. The van der Waals surface area contributed by atoms with Gasteiger partial charge in [-0.25, -0.2) is 4.68 Å². The van der Waals surface area contributed by atoms with Crippen LogP contribution in [0.5, 0.6) is 0 Å². The molecule has 0 unspecified atom stereocenters. The lowest BCUT2D eigenvalue weighted by molar-refractivity contribution is 0.0940. The van der Waals surface area contributed by atoms with Crippen LogP contribution in [0.2, 0.25) is 0 Å². The van der Waals surface area contributed by atoms with Gasteiger partial charge in [-0.15, -0.1) is 5.10 Å². The molecule has 1 amide bonds. The van der Waals surface area contributed by atoms with Crippen molar-refractivity contribution in [3.63, 3.8) is 0 Å². The SMILES string of the molecule is COCc1c(C(=O)NCc2ccccc2)nnn1-c1ccccc1. The van der Waals surface area contributed by atoms with Gasteiger partial charge in [-0.05, 0) is 17.7 Å². The molecule has 0 spiro atoms. The highest BCUT2D eigenvalue weighted by Crippen LogP contribution is 2.14. The summed E-state index contributed by atoms with van der Waals surface area (Å²) in [5.74, 6) is -0.270. The Bertz CT molecular complexity index is 800. The first-order chi connectivity index (χ1) is 11.8. The third-order valence-electron chi connectivity index (χ3n) is 3.56. The van der Waals surface area contributed by atoms with Crippen LogP contribution < -0.4 is 5.32 Å². The van der Waals surface area contributed by atoms with Crippen molar-refractivity contribution in [3.05, 3.63) is 77.6 Å². The molecule has 0 saturated carbocycles. The highest BCUT2D eigenvalue weighted by atomic mass is 16.5. The molecule has 1 heterocycles. The van der Waals surface area contributed by atoms with Crippen LogP contribution in [0.4, 0.5) is 0 Å². The first kappa shape index (κ1) is 15.9. The Morgan fingerprint density at radius 3 is 2.42 bits per heavy atom. The number of carbonyl (C=O) groups excluding carboxylic acids is 1. The van der Waals surface area contributed by atoms with E-state index in [0.717, 1.165) is 11.3 Å². The van der Waals surface area contributed by atoms with Gasteiger partial charge in [-0.3, -0.25) is 4.79 Å². The van der Waals surface area contributed by atoms with Crippen LogP contribution in [-0.4, -0.2) is 28.0 Å². The highest BCUT2D eigenvalue weighted by molar-refractivity contribution is 5.93. The van der Waals surface area contributed by atoms with Crippen LogP contribution in [0.25, 0.3) is 5.69 Å². The van der Waals surface area contributed by atoms with Gasteiger partial charge in [-0.1, -0.05) is 53.7 Å². The summed E-state index contributed by atoms with van der Waals surface area (Å²) in [4.78, 5) is 12.5. The zero-order chi connectivity index (χ0) is 16.8. The van der Waals surface area contributed by atoms with Gasteiger partial charge in [0.1, 0.15) is 5.69 Å². The number of carbonyl (C=O) groups is 1. The predicted molar refractivity (Wildman–Crippen MR) is 89.7 cm³/mol. The molecule has 3 aromatic rings. The van der Waals surface area contributed by atoms with E-state index in [1.165, 1.54) is 0 Å². The number of rotatable bonds is 6. The minimum atomic E-state index is -0.270. The number of methoxy groups -OCH3 is 1. The molecule has 2 aromatic carbocycles. The average molecular weight is 322 g/mol. The van der Waals surface area contributed by atoms with Crippen LogP contribution in [-0.2, 0) is 17.9 Å². The van der Waals surface area contributed by atoms with Gasteiger partial charge in [0.25, 0.3) is 5.91 Å². The summed E-state index contributed by atoms with van der Waals surface area (Å²) in [6, 6.07) is 19.3. The van der Waals surface area contributed by atoms with Crippen molar-refractivity contribution in [2.75, 3.05) is 7.11 Å². The van der Waals surface area contributed by atoms with Gasteiger partial charge in [0.05, 0.1) is 12.3 Å². The lowest BCUT2D eigenvalue weighted by Gasteiger charge is -2.08. The number of aromatic nitrogens is 3. The molecular formula is C18H18N4O2. The van der Waals surface area contributed by atoms with E-state index in [1.54, 1.807) is 11.8 Å². The molecule has 6 nitrogen and oxygen atoms in total. The van der Waals surface area contributed by atoms with Gasteiger partial charge < -0.3 is 10.1 Å². The van der Waals surface area contributed by atoms with E-state index in [0.29, 0.717) is 12.2 Å². The minimum absolute atomic E-state index is 0.246. The van der Waals surface area contributed by atoms with Crippen molar-refractivity contribution in [1.82, 2.24) is 20.3 Å². The van der Waals surface area contributed by atoms with Crippen LogP contribution in [0.3, 0.4) is 0 Å². The number of nitrogens with zero attached hydrogens (tertiary/aromatic N) is 3. The topological polar surface area (TPSA) is 69.0 Å². The number of hydrogen-bond donors (Lipinski definition) is 1. The number of ether oxygens (including phenoxy) is 1. The molecule has 1 aromatic heterocycles. The maximum Gasteiger partial charge on any atom is 0.274 e. The van der Waals surface area contributed by atoms with E-state index >= 15 is 0 Å². The minimum Gasteiger partial charge on any atom is -0.378 e. The molecule has 0 saturated heterocycles. The van der Waals surface area contributed by atoms with E-state index in [9.17, 15) is 4.79 Å². The van der Waals surface area contributed by atoms with Crippen molar-refractivity contribution in [2.45, 2.75) is 13.2 Å². The molecule has 0 aliphatic rings. The van der Waals surface area contributed by atoms with Gasteiger partial charge in [0, 0.05) is 13.7 Å². The second kappa shape index (κ2) is 7.52. The first-order valence-corrected chi connectivity index (χ1v) is 7.60. The lowest BCUT2D eigenvalue weighted by atomic mass is 10.2. The van der Waals surface area contributed by atoms with E-state index in [2.05, 4.69) is 15.6 Å². The summed E-state index contributed by atoms with van der Waals surface area (Å²) in [5, 5.41) is 11.0. The molecule has 0 radical (unpaired) electrons. The molecule has 0 atom stereocenters. The molecular weight excluding hydrogens is 304 g/mol. The number of nitrogens with one attached hydrogen (secondary N) is 1. The largest absolute Gasteiger partial charge is 0.378 e. The van der Waals surface area contributed by atoms with Crippen molar-refractivity contribution in [3.8, 4) is 5.69 Å². The summed E-state index contributed by atoms with van der Waals surface area (Å²) in [6.07, 6.45) is 0. The zero-order valence-electron chi connectivity index (χ0n) is 13.3. The van der Waals surface area contributed by atoms with Gasteiger partial charge >= 0.3 is 0 Å². The Balaban J connectivity index is 1.82. The second-order valence-electron chi connectivity index (χ2n) is 5.23. The Morgan fingerprint density at radius 1 is 1.08 bits per heavy atom. The fourth-order valence-electron chi connectivity index (χ4n) is 2.38. The summed E-state index contributed by atoms with van der Waals surface area (Å²) in [7, 11) is 1.58. The summed E-state index contributed by atoms with van der Waals surface area (Å²) >= 11 is 0. The molecule has 1 N–H and O–H groups in total. The monoisotopic (exact) mass is 322 g/mol. The van der Waals surface area contributed by atoms with E-state index in [-0.39, 0.29) is 18.2 Å². The first-order valence-electron chi connectivity index (χ1n) is 7.60. The van der Waals surface area contributed by atoms with Crippen LogP contribution in [0.15, 0.2) is 60.7 Å². The molecule has 122 valence electrons. The van der Waals surface area contributed by atoms with E-state index in [4.69, 9.17) is 4.74 Å². The quantitative estimate of drug-likeness (QED) is 0.756. The summed E-state index contributed by atoms with van der Waals surface area (Å²) < 4.78 is 6.85. The van der Waals surface area contributed by atoms with E-state index in [1.807, 2.05) is 60.7 Å². The Morgan fingerprint density at radius 2 is 1.75 bits per heavy atom. The van der Waals surface area contributed by atoms with E-state index < -0.39 is 0 Å². The van der Waals surface area contributed by atoms with Crippen LogP contribution in [0.1, 0.15) is 21.7 Å². The van der Waals surface area contributed by atoms with Gasteiger partial charge in [0.15, 0.2) is 5.69 Å². The number of hydrogen-bond acceptors (Lipinski definition) is 4. The molecule has 6 heteroatoms. The van der Waals surface area contributed by atoms with Crippen molar-refractivity contribution in [1.29, 1.82) is 0 Å². The Hall–Kier alpha value is -2.99. The van der Waals surface area contributed by atoms with Crippen molar-refractivity contribution >= 4 is 5.91 Å². The average Bonchev–Trinajstić information content (AvgIpc) is 3.05. The standard InChI is InChI=1S/C18H18N4O2/c1-24-13-16-17(18(23)19-12-14-8-4-2-5-9-14)20-21-22(16)15-10-6-3-7-11-15/h2-11H,12-13H2,1H3,(H,19,23). The predicted octanol–water partition coefficient (Wildman–Crippen LogP) is 2.34. The lowest BCUT2D eigenvalue weighted by Crippen LogP contribution is -2.24. The number of amides is 1. The Kier molecular flexibility index (Phi) is 4.98.